The number of nitrogens with one attached hydrogen (secondary N) is 1. The molecule has 0 fully saturated rings. The normalized spacial score (nSPS) is 18.1. The Morgan fingerprint density at radius 2 is 1.81 bits per heavy atom. The number of carboxylic acid groups (broad SMARTS) is 1. The number of sulfone groups is 1. The van der Waals surface area contributed by atoms with Crippen molar-refractivity contribution in [1.82, 2.24) is 5.32 Å². The summed E-state index contributed by atoms with van der Waals surface area (Å²) in [5.41, 5.74) is 0.0128. The highest BCUT2D eigenvalue weighted by Crippen LogP contribution is 2.44. The lowest BCUT2D eigenvalue weighted by Crippen LogP contribution is -2.33. The van der Waals surface area contributed by atoms with Crippen LogP contribution in [-0.4, -0.2) is 29.7 Å². The van der Waals surface area contributed by atoms with Crippen LogP contribution in [0, 0.1) is 10.1 Å². The van der Waals surface area contributed by atoms with Crippen LogP contribution >= 0.6 is 0 Å². The zero-order chi connectivity index (χ0) is 19.8. The fraction of sp³-hybridized carbons (Fsp3) is 0.353. The number of nitro benzene ring substituents is 1. The molecule has 0 saturated carbocycles. The van der Waals surface area contributed by atoms with Gasteiger partial charge in [0, 0.05) is 23.0 Å². The Kier molecular flexibility index (Phi) is 5.22. The highest BCUT2D eigenvalue weighted by Gasteiger charge is 2.42. The molecule has 9 heteroatoms. The van der Waals surface area contributed by atoms with Crippen molar-refractivity contribution in [3.8, 4) is 0 Å². The van der Waals surface area contributed by atoms with Crippen LogP contribution in [0.15, 0.2) is 46.1 Å². The molecule has 2 N–H and O–H groups in total. The fourth-order valence-electron chi connectivity index (χ4n) is 3.08. The van der Waals surface area contributed by atoms with Gasteiger partial charge in [-0.25, -0.2) is 13.2 Å². The fourth-order valence-corrected chi connectivity index (χ4v) is 4.64. The third-order valence-corrected chi connectivity index (χ3v) is 6.70. The van der Waals surface area contributed by atoms with Crippen LogP contribution in [0.5, 0.6) is 0 Å². The summed E-state index contributed by atoms with van der Waals surface area (Å²) >= 11 is 0. The molecule has 1 heterocycles. The number of carboxylic acids is 1. The summed E-state index contributed by atoms with van der Waals surface area (Å²) in [5.74, 6) is -2.59. The molecular formula is C17H20N2O6S. The maximum absolute atomic E-state index is 13.0. The first-order chi connectivity index (χ1) is 12.0. The summed E-state index contributed by atoms with van der Waals surface area (Å²) < 4.78 is 25.9. The number of hydrogen-bond donors (Lipinski definition) is 2. The second-order valence-electron chi connectivity index (χ2n) is 6.30. The van der Waals surface area contributed by atoms with E-state index in [0.29, 0.717) is 0 Å². The molecule has 1 aliphatic heterocycles. The molecule has 1 aromatic carbocycles. The van der Waals surface area contributed by atoms with Gasteiger partial charge in [0.1, 0.15) is 0 Å². The van der Waals surface area contributed by atoms with Gasteiger partial charge in [0.15, 0.2) is 9.84 Å². The lowest BCUT2D eigenvalue weighted by Gasteiger charge is -2.31. The van der Waals surface area contributed by atoms with Gasteiger partial charge in [-0.3, -0.25) is 10.1 Å². The molecule has 26 heavy (non-hydrogen) atoms. The Balaban J connectivity index is 2.91. The topological polar surface area (TPSA) is 127 Å². The standard InChI is InChI=1S/C17H20N2O6S/c1-9(2)26(24,25)16-11(4)18-10(3)14(17(20)21)15(16)12-7-5-6-8-13(12)19(22)23/h5-9,15,18H,1-4H3,(H,20,21). The highest BCUT2D eigenvalue weighted by atomic mass is 32.2. The van der Waals surface area contributed by atoms with Crippen LogP contribution in [-0.2, 0) is 14.6 Å². The van der Waals surface area contributed by atoms with E-state index in [9.17, 15) is 28.4 Å². The van der Waals surface area contributed by atoms with Crippen molar-refractivity contribution in [2.45, 2.75) is 38.9 Å². The van der Waals surface area contributed by atoms with E-state index in [1.54, 1.807) is 0 Å². The highest BCUT2D eigenvalue weighted by molar-refractivity contribution is 7.95. The summed E-state index contributed by atoms with van der Waals surface area (Å²) in [7, 11) is -3.88. The molecule has 8 nitrogen and oxygen atoms in total. The number of allylic oxidation sites excluding steroid dienone is 3. The largest absolute Gasteiger partial charge is 0.478 e. The van der Waals surface area contributed by atoms with Gasteiger partial charge in [-0.05, 0) is 27.7 Å². The predicted octanol–water partition coefficient (Wildman–Crippen LogP) is 2.69. The first-order valence-electron chi connectivity index (χ1n) is 7.89. The van der Waals surface area contributed by atoms with Crippen LogP contribution in [0.1, 0.15) is 39.2 Å². The van der Waals surface area contributed by atoms with E-state index >= 15 is 0 Å². The first-order valence-corrected chi connectivity index (χ1v) is 9.43. The third-order valence-electron chi connectivity index (χ3n) is 4.30. The Hall–Kier alpha value is -2.68. The second kappa shape index (κ2) is 6.91. The van der Waals surface area contributed by atoms with Gasteiger partial charge in [0.2, 0.25) is 0 Å². The molecule has 140 valence electrons. The zero-order valence-corrected chi connectivity index (χ0v) is 15.6. The molecule has 1 aromatic rings. The van der Waals surface area contributed by atoms with Gasteiger partial charge in [0.25, 0.3) is 5.69 Å². The van der Waals surface area contributed by atoms with Crippen LogP contribution in [0.2, 0.25) is 0 Å². The van der Waals surface area contributed by atoms with Crippen molar-refractivity contribution < 1.29 is 23.2 Å². The lowest BCUT2D eigenvalue weighted by molar-refractivity contribution is -0.385. The number of dihydropyridines is 1. The molecule has 1 unspecified atom stereocenters. The van der Waals surface area contributed by atoms with Crippen molar-refractivity contribution in [2.24, 2.45) is 0 Å². The number of carbonyl (C=O) groups is 1. The van der Waals surface area contributed by atoms with E-state index in [1.807, 2.05) is 0 Å². The van der Waals surface area contributed by atoms with Crippen molar-refractivity contribution in [3.63, 3.8) is 0 Å². The molecule has 0 aromatic heterocycles. The number of rotatable bonds is 5. The van der Waals surface area contributed by atoms with E-state index in [2.05, 4.69) is 5.32 Å². The molecule has 1 aliphatic rings. The smallest absolute Gasteiger partial charge is 0.334 e. The molecule has 0 radical (unpaired) electrons. The Morgan fingerprint density at radius 1 is 1.23 bits per heavy atom. The Morgan fingerprint density at radius 3 is 2.31 bits per heavy atom. The molecule has 0 spiro atoms. The van der Waals surface area contributed by atoms with Crippen molar-refractivity contribution in [3.05, 3.63) is 61.8 Å². The summed E-state index contributed by atoms with van der Waals surface area (Å²) in [5, 5.41) is 23.1. The molecule has 0 aliphatic carbocycles. The van der Waals surface area contributed by atoms with Gasteiger partial charge in [0.05, 0.1) is 26.6 Å². The molecule has 0 saturated heterocycles. The molecular weight excluding hydrogens is 360 g/mol. The lowest BCUT2D eigenvalue weighted by atomic mass is 9.85. The molecule has 2 rings (SSSR count). The minimum atomic E-state index is -3.88. The van der Waals surface area contributed by atoms with Gasteiger partial charge < -0.3 is 10.4 Å². The predicted molar refractivity (Wildman–Crippen MR) is 96.1 cm³/mol. The summed E-state index contributed by atoms with van der Waals surface area (Å²) in [6, 6.07) is 5.61. The average molecular weight is 380 g/mol. The van der Waals surface area contributed by atoms with Crippen LogP contribution in [0.3, 0.4) is 0 Å². The van der Waals surface area contributed by atoms with Crippen molar-refractivity contribution in [1.29, 1.82) is 0 Å². The maximum atomic E-state index is 13.0. The minimum Gasteiger partial charge on any atom is -0.478 e. The van der Waals surface area contributed by atoms with Gasteiger partial charge >= 0.3 is 5.97 Å². The quantitative estimate of drug-likeness (QED) is 0.594. The SMILES string of the molecule is CC1=C(C(=O)O)C(c2ccccc2[N+](=O)[O-])C(S(=O)(=O)C(C)C)=C(C)N1. The number of aliphatic carboxylic acids is 1. The number of para-hydroxylation sites is 1. The number of nitrogens with zero attached hydrogens (tertiary/aromatic N) is 1. The number of nitro groups is 1. The van der Waals surface area contributed by atoms with Crippen LogP contribution in [0.4, 0.5) is 5.69 Å². The molecule has 0 bridgehead atoms. The van der Waals surface area contributed by atoms with E-state index in [4.69, 9.17) is 0 Å². The van der Waals surface area contributed by atoms with E-state index in [1.165, 1.54) is 52.0 Å². The monoisotopic (exact) mass is 380 g/mol. The Labute approximate surface area is 151 Å². The van der Waals surface area contributed by atoms with E-state index in [0.717, 1.165) is 0 Å². The van der Waals surface area contributed by atoms with Crippen LogP contribution in [0.25, 0.3) is 0 Å². The summed E-state index contributed by atoms with van der Waals surface area (Å²) in [4.78, 5) is 22.6. The third kappa shape index (κ3) is 3.22. The minimum absolute atomic E-state index is 0.0364. The van der Waals surface area contributed by atoms with Crippen LogP contribution < -0.4 is 5.32 Å². The Bertz CT molecular complexity index is 944. The van der Waals surface area contributed by atoms with Crippen molar-refractivity contribution in [2.75, 3.05) is 0 Å². The average Bonchev–Trinajstić information content (AvgIpc) is 2.53. The number of benzene rings is 1. The summed E-state index contributed by atoms with van der Waals surface area (Å²) in [6.45, 7) is 6.00. The van der Waals surface area contributed by atoms with Gasteiger partial charge in [-0.15, -0.1) is 0 Å². The first kappa shape index (κ1) is 19.6. The molecule has 0 amide bonds. The summed E-state index contributed by atoms with van der Waals surface area (Å²) in [6.07, 6.45) is 0. The van der Waals surface area contributed by atoms with Gasteiger partial charge in [-0.2, -0.15) is 0 Å². The van der Waals surface area contributed by atoms with E-state index in [-0.39, 0.29) is 33.1 Å². The second-order valence-corrected chi connectivity index (χ2v) is 8.77. The zero-order valence-electron chi connectivity index (χ0n) is 14.8. The number of hydrogen-bond acceptors (Lipinski definition) is 6. The maximum Gasteiger partial charge on any atom is 0.334 e. The van der Waals surface area contributed by atoms with Gasteiger partial charge in [-0.1, -0.05) is 18.2 Å². The molecule has 1 atom stereocenters. The van der Waals surface area contributed by atoms with E-state index < -0.39 is 31.9 Å². The van der Waals surface area contributed by atoms with Crippen molar-refractivity contribution >= 4 is 21.5 Å².